The number of hydrogen-bond acceptors (Lipinski definition) is 5. The van der Waals surface area contributed by atoms with Gasteiger partial charge in [0, 0.05) is 38.3 Å². The maximum Gasteiger partial charge on any atom is 0.416 e. The molecule has 0 atom stereocenters. The second-order valence-corrected chi connectivity index (χ2v) is 10.1. The van der Waals surface area contributed by atoms with Crippen LogP contribution in [0.15, 0.2) is 71.3 Å². The molecule has 2 heterocycles. The van der Waals surface area contributed by atoms with E-state index in [1.165, 1.54) is 11.2 Å². The number of amides is 2. The number of nitrogens with zero attached hydrogens (tertiary/aromatic N) is 3. The highest BCUT2D eigenvalue weighted by Crippen LogP contribution is 2.36. The predicted molar refractivity (Wildman–Crippen MR) is 144 cm³/mol. The lowest BCUT2D eigenvalue weighted by Crippen LogP contribution is -2.47. The number of alkyl halides is 6. The van der Waals surface area contributed by atoms with Crippen LogP contribution in [-0.4, -0.2) is 79.0 Å². The lowest BCUT2D eigenvalue weighted by molar-refractivity contribution is -0.143. The summed E-state index contributed by atoms with van der Waals surface area (Å²) in [6.45, 7) is 1.81. The zero-order chi connectivity index (χ0) is 31.0. The van der Waals surface area contributed by atoms with E-state index in [4.69, 9.17) is 9.15 Å². The zero-order valence-corrected chi connectivity index (χ0v) is 23.2. The Bertz CT molecular complexity index is 1310. The van der Waals surface area contributed by atoms with Crippen molar-refractivity contribution in [2.24, 2.45) is 0 Å². The van der Waals surface area contributed by atoms with E-state index in [0.717, 1.165) is 10.5 Å². The molecule has 13 heteroatoms. The molecule has 0 bridgehead atoms. The van der Waals surface area contributed by atoms with Gasteiger partial charge in [0.2, 0.25) is 5.91 Å². The van der Waals surface area contributed by atoms with Crippen molar-refractivity contribution in [3.63, 3.8) is 0 Å². The minimum absolute atomic E-state index is 0.0331. The Labute approximate surface area is 244 Å². The van der Waals surface area contributed by atoms with Crippen molar-refractivity contribution in [1.29, 1.82) is 0 Å². The summed E-state index contributed by atoms with van der Waals surface area (Å²) in [5.41, 5.74) is -3.07. The van der Waals surface area contributed by atoms with Crippen LogP contribution in [-0.2, 0) is 34.8 Å². The maximum absolute atomic E-state index is 13.6. The fourth-order valence-corrected chi connectivity index (χ4v) is 4.65. The molecule has 0 aliphatic carbocycles. The molecule has 0 radical (unpaired) electrons. The van der Waals surface area contributed by atoms with Crippen molar-refractivity contribution in [2.45, 2.75) is 25.3 Å². The van der Waals surface area contributed by atoms with E-state index in [1.807, 2.05) is 35.2 Å². The van der Waals surface area contributed by atoms with Gasteiger partial charge in [0.15, 0.2) is 0 Å². The standard InChI is InChI=1S/C30H31F6N3O4/c31-29(32,33)24-17-23(18-25(19-24)30(34,35)36)28(41)39(11-10-37-12-15-42-16-13-37)21-27(40)38(20-26-7-4-14-43-26)9-8-22-5-2-1-3-6-22/h1-7,14,17-19H,8-13,15-16,20-21H2. The molecule has 3 aromatic rings. The van der Waals surface area contributed by atoms with Crippen LogP contribution in [0.3, 0.4) is 0 Å². The van der Waals surface area contributed by atoms with Crippen LogP contribution in [0, 0.1) is 0 Å². The minimum Gasteiger partial charge on any atom is -0.467 e. The number of furan rings is 1. The van der Waals surface area contributed by atoms with Crippen molar-refractivity contribution < 1.29 is 45.1 Å². The van der Waals surface area contributed by atoms with Crippen LogP contribution in [0.4, 0.5) is 26.3 Å². The molecule has 1 aromatic heterocycles. The quantitative estimate of drug-likeness (QED) is 0.273. The van der Waals surface area contributed by atoms with Gasteiger partial charge in [-0.1, -0.05) is 30.3 Å². The number of halogens is 6. The monoisotopic (exact) mass is 611 g/mol. The number of carbonyl (C=O) groups is 2. The van der Waals surface area contributed by atoms with E-state index < -0.39 is 47.4 Å². The Kier molecular flexibility index (Phi) is 10.5. The van der Waals surface area contributed by atoms with Crippen molar-refractivity contribution >= 4 is 11.8 Å². The molecule has 1 aliphatic rings. The Balaban J connectivity index is 1.61. The van der Waals surface area contributed by atoms with E-state index in [-0.39, 0.29) is 32.2 Å². The lowest BCUT2D eigenvalue weighted by Gasteiger charge is -2.31. The van der Waals surface area contributed by atoms with E-state index >= 15 is 0 Å². The Hall–Kier alpha value is -3.84. The van der Waals surface area contributed by atoms with E-state index in [0.29, 0.717) is 50.6 Å². The first-order chi connectivity index (χ1) is 20.4. The number of carbonyl (C=O) groups excluding carboxylic acids is 2. The first-order valence-electron chi connectivity index (χ1n) is 13.6. The predicted octanol–water partition coefficient (Wildman–Crippen LogP) is 5.36. The number of benzene rings is 2. The molecule has 2 aromatic carbocycles. The molecular weight excluding hydrogens is 580 g/mol. The average Bonchev–Trinajstić information content (AvgIpc) is 3.50. The second-order valence-electron chi connectivity index (χ2n) is 10.1. The van der Waals surface area contributed by atoms with Crippen molar-refractivity contribution in [1.82, 2.24) is 14.7 Å². The summed E-state index contributed by atoms with van der Waals surface area (Å²) in [4.78, 5) is 31.6. The summed E-state index contributed by atoms with van der Waals surface area (Å²) in [5, 5.41) is 0. The van der Waals surface area contributed by atoms with E-state index in [2.05, 4.69) is 0 Å². The molecule has 0 spiro atoms. The summed E-state index contributed by atoms with van der Waals surface area (Å²) >= 11 is 0. The molecule has 1 saturated heterocycles. The zero-order valence-electron chi connectivity index (χ0n) is 23.2. The molecule has 7 nitrogen and oxygen atoms in total. The SMILES string of the molecule is O=C(CN(CCN1CCOCC1)C(=O)c1cc(C(F)(F)F)cc(C(F)(F)F)c1)N(CCc1ccccc1)Cc1ccco1. The van der Waals surface area contributed by atoms with Crippen molar-refractivity contribution in [3.05, 3.63) is 94.9 Å². The Morgan fingerprint density at radius 1 is 0.814 bits per heavy atom. The molecule has 0 N–H and O–H groups in total. The maximum atomic E-state index is 13.6. The Morgan fingerprint density at radius 3 is 2.05 bits per heavy atom. The largest absolute Gasteiger partial charge is 0.467 e. The van der Waals surface area contributed by atoms with Crippen LogP contribution >= 0.6 is 0 Å². The van der Waals surface area contributed by atoms with E-state index in [9.17, 15) is 35.9 Å². The van der Waals surface area contributed by atoms with Crippen LogP contribution in [0.1, 0.15) is 32.8 Å². The highest BCUT2D eigenvalue weighted by Gasteiger charge is 2.38. The van der Waals surface area contributed by atoms with Crippen LogP contribution in [0.25, 0.3) is 0 Å². The highest BCUT2D eigenvalue weighted by atomic mass is 19.4. The lowest BCUT2D eigenvalue weighted by atomic mass is 10.0. The number of ether oxygens (including phenoxy) is 1. The summed E-state index contributed by atoms with van der Waals surface area (Å²) < 4.78 is 91.9. The molecule has 0 unspecified atom stereocenters. The summed E-state index contributed by atoms with van der Waals surface area (Å²) in [6.07, 6.45) is -8.33. The molecule has 4 rings (SSSR count). The summed E-state index contributed by atoms with van der Waals surface area (Å²) in [6, 6.07) is 13.4. The summed E-state index contributed by atoms with van der Waals surface area (Å²) in [7, 11) is 0. The normalized spacial score (nSPS) is 14.5. The fourth-order valence-electron chi connectivity index (χ4n) is 4.65. The third-order valence-corrected chi connectivity index (χ3v) is 7.03. The second kappa shape index (κ2) is 14.1. The number of hydrogen-bond donors (Lipinski definition) is 0. The fraction of sp³-hybridized carbons (Fsp3) is 0.400. The average molecular weight is 612 g/mol. The highest BCUT2D eigenvalue weighted by molar-refractivity contribution is 5.97. The van der Waals surface area contributed by atoms with Gasteiger partial charge in [-0.2, -0.15) is 26.3 Å². The molecular formula is C30H31F6N3O4. The van der Waals surface area contributed by atoms with Gasteiger partial charge in [0.25, 0.3) is 5.91 Å². The molecule has 43 heavy (non-hydrogen) atoms. The van der Waals surface area contributed by atoms with Crippen molar-refractivity contribution in [2.75, 3.05) is 52.5 Å². The molecule has 232 valence electrons. The molecule has 1 aliphatic heterocycles. The number of rotatable bonds is 11. The molecule has 0 saturated carbocycles. The van der Waals surface area contributed by atoms with Gasteiger partial charge in [0.1, 0.15) is 12.3 Å². The minimum atomic E-state index is -5.12. The summed E-state index contributed by atoms with van der Waals surface area (Å²) in [5.74, 6) is -1.18. The van der Waals surface area contributed by atoms with Gasteiger partial charge >= 0.3 is 12.4 Å². The van der Waals surface area contributed by atoms with Crippen LogP contribution < -0.4 is 0 Å². The van der Waals surface area contributed by atoms with Gasteiger partial charge < -0.3 is 19.0 Å². The van der Waals surface area contributed by atoms with Crippen LogP contribution in [0.5, 0.6) is 0 Å². The number of morpholine rings is 1. The van der Waals surface area contributed by atoms with Gasteiger partial charge in [-0.05, 0) is 42.3 Å². The first kappa shape index (κ1) is 32.1. The van der Waals surface area contributed by atoms with Crippen LogP contribution in [0.2, 0.25) is 0 Å². The molecule has 1 fully saturated rings. The third-order valence-electron chi connectivity index (χ3n) is 7.03. The van der Waals surface area contributed by atoms with Gasteiger partial charge in [-0.15, -0.1) is 0 Å². The Morgan fingerprint density at radius 2 is 1.47 bits per heavy atom. The molecule has 2 amide bonds. The first-order valence-corrected chi connectivity index (χ1v) is 13.6. The van der Waals surface area contributed by atoms with Gasteiger partial charge in [0.05, 0.1) is 37.1 Å². The van der Waals surface area contributed by atoms with Gasteiger partial charge in [-0.3, -0.25) is 14.5 Å². The topological polar surface area (TPSA) is 66.2 Å². The third kappa shape index (κ3) is 9.32. The van der Waals surface area contributed by atoms with E-state index in [1.54, 1.807) is 12.1 Å². The smallest absolute Gasteiger partial charge is 0.416 e. The van der Waals surface area contributed by atoms with Gasteiger partial charge in [-0.25, -0.2) is 0 Å². The van der Waals surface area contributed by atoms with Crippen molar-refractivity contribution in [3.8, 4) is 0 Å².